The first-order valence-corrected chi connectivity index (χ1v) is 19.2. The van der Waals surface area contributed by atoms with E-state index in [1.54, 1.807) is 0 Å². The van der Waals surface area contributed by atoms with Crippen molar-refractivity contribution in [1.29, 1.82) is 0 Å². The molecular formula is C48H40N4O2. The van der Waals surface area contributed by atoms with E-state index in [2.05, 4.69) is 131 Å². The van der Waals surface area contributed by atoms with Crippen LogP contribution < -0.4 is 9.80 Å². The number of benzene rings is 6. The number of fused-ring (bicyclic) bond motifs is 14. The quantitative estimate of drug-likeness (QED) is 0.186. The van der Waals surface area contributed by atoms with E-state index in [1.807, 2.05) is 46.2 Å². The lowest BCUT2D eigenvalue weighted by molar-refractivity contribution is -0.192. The highest BCUT2D eigenvalue weighted by molar-refractivity contribution is 6.11. The molecule has 0 saturated carbocycles. The fourth-order valence-electron chi connectivity index (χ4n) is 11.0. The van der Waals surface area contributed by atoms with Gasteiger partial charge in [0.2, 0.25) is 0 Å². The van der Waals surface area contributed by atoms with Gasteiger partial charge in [0.25, 0.3) is 11.8 Å². The second-order valence-corrected chi connectivity index (χ2v) is 15.4. The van der Waals surface area contributed by atoms with E-state index in [-0.39, 0.29) is 11.8 Å². The Kier molecular flexibility index (Phi) is 6.95. The Morgan fingerprint density at radius 3 is 1.26 bits per heavy atom. The van der Waals surface area contributed by atoms with Gasteiger partial charge >= 0.3 is 0 Å². The van der Waals surface area contributed by atoms with Crippen molar-refractivity contribution in [1.82, 2.24) is 9.80 Å². The molecule has 6 aromatic rings. The summed E-state index contributed by atoms with van der Waals surface area (Å²) in [7, 11) is 0. The molecule has 0 N–H and O–H groups in total. The average molecular weight is 705 g/mol. The van der Waals surface area contributed by atoms with Gasteiger partial charge in [0.05, 0.1) is 25.2 Å². The molecule has 5 aliphatic heterocycles. The van der Waals surface area contributed by atoms with Crippen molar-refractivity contribution < 1.29 is 9.59 Å². The maximum absolute atomic E-state index is 16.2. The Morgan fingerprint density at radius 2 is 0.815 bits per heavy atom. The lowest BCUT2D eigenvalue weighted by Gasteiger charge is -2.66. The van der Waals surface area contributed by atoms with Crippen molar-refractivity contribution >= 4 is 23.2 Å². The van der Waals surface area contributed by atoms with Crippen LogP contribution in [0.1, 0.15) is 56.6 Å². The van der Waals surface area contributed by atoms with E-state index < -0.39 is 23.2 Å². The predicted octanol–water partition coefficient (Wildman–Crippen LogP) is 8.08. The Bertz CT molecular complexity index is 2290. The van der Waals surface area contributed by atoms with Crippen LogP contribution in [0.15, 0.2) is 158 Å². The number of nitrogens with zero attached hydrogens (tertiary/aromatic N) is 4. The minimum Gasteiger partial charge on any atom is -0.306 e. The molecule has 1 fully saturated rings. The molecule has 0 unspecified atom stereocenters. The number of hydrogen-bond donors (Lipinski definition) is 0. The number of anilines is 2. The SMILES string of the molecule is O=C1N(Cc2ccccc2)c2ccccc2[C@]12[C@H]1c3ccccc3CCN1[C@]1(C(=O)N(Cc3ccccc3)c3ccccc31)[C@H]1c3ccccc3CCN12. The lowest BCUT2D eigenvalue weighted by Crippen LogP contribution is -2.76. The fourth-order valence-corrected chi connectivity index (χ4v) is 11.0. The Balaban J connectivity index is 1.22. The number of carbonyl (C=O) groups is 2. The molecule has 6 nitrogen and oxygen atoms in total. The van der Waals surface area contributed by atoms with Gasteiger partial charge < -0.3 is 9.80 Å². The number of para-hydroxylation sites is 2. The van der Waals surface area contributed by atoms with Gasteiger partial charge in [-0.1, -0.05) is 146 Å². The van der Waals surface area contributed by atoms with Crippen LogP contribution in [-0.4, -0.2) is 34.7 Å². The molecule has 2 amide bonds. The summed E-state index contributed by atoms with van der Waals surface area (Å²) < 4.78 is 0. The van der Waals surface area contributed by atoms with Crippen molar-refractivity contribution in [2.45, 2.75) is 49.1 Å². The monoisotopic (exact) mass is 704 g/mol. The van der Waals surface area contributed by atoms with Gasteiger partial charge in [0, 0.05) is 35.6 Å². The molecule has 54 heavy (non-hydrogen) atoms. The first kappa shape index (κ1) is 31.7. The molecule has 0 bridgehead atoms. The first-order valence-electron chi connectivity index (χ1n) is 19.2. The number of rotatable bonds is 4. The Labute approximate surface area is 315 Å². The van der Waals surface area contributed by atoms with E-state index in [0.717, 1.165) is 57.6 Å². The maximum Gasteiger partial charge on any atom is 0.254 e. The van der Waals surface area contributed by atoms with Crippen molar-refractivity contribution in [2.24, 2.45) is 0 Å². The Morgan fingerprint density at radius 1 is 0.444 bits per heavy atom. The molecule has 0 aliphatic carbocycles. The van der Waals surface area contributed by atoms with E-state index >= 15 is 9.59 Å². The summed E-state index contributed by atoms with van der Waals surface area (Å²) in [6, 6.07) is 54.1. The molecule has 4 atom stereocenters. The number of carbonyl (C=O) groups excluding carboxylic acids is 2. The standard InChI is InChI=1S/C48H40N4O2/c53-45-47(39-23-11-13-25-41(39)49(45)31-33-15-3-1-4-16-33)43-37-21-9-7-19-35(37)28-30-52(43)48(44-38-22-10-8-20-36(38)27-29-51(44)47)40-24-12-14-26-42(40)50(46(48)54)32-34-17-5-2-6-18-34/h1-26,43-44H,27-32H2/t43-,44-,47+,48+/m1/s1. The van der Waals surface area contributed by atoms with Gasteiger partial charge in [0.1, 0.15) is 11.1 Å². The van der Waals surface area contributed by atoms with Crippen LogP contribution in [0.4, 0.5) is 11.4 Å². The third-order valence-corrected chi connectivity index (χ3v) is 13.0. The van der Waals surface area contributed by atoms with Crippen LogP contribution in [0.25, 0.3) is 0 Å². The largest absolute Gasteiger partial charge is 0.306 e. The van der Waals surface area contributed by atoms with Crippen molar-refractivity contribution in [3.8, 4) is 0 Å². The van der Waals surface area contributed by atoms with Crippen molar-refractivity contribution in [3.05, 3.63) is 202 Å². The van der Waals surface area contributed by atoms with E-state index in [1.165, 1.54) is 11.1 Å². The summed E-state index contributed by atoms with van der Waals surface area (Å²) in [5.74, 6) is 0.164. The number of amides is 2. The molecule has 5 aliphatic rings. The van der Waals surface area contributed by atoms with Crippen molar-refractivity contribution in [3.63, 3.8) is 0 Å². The highest BCUT2D eigenvalue weighted by atomic mass is 16.2. The molecule has 6 aromatic carbocycles. The normalized spacial score (nSPS) is 25.3. The van der Waals surface area contributed by atoms with Crippen LogP contribution in [0, 0.1) is 0 Å². The van der Waals surface area contributed by atoms with Crippen LogP contribution >= 0.6 is 0 Å². The summed E-state index contributed by atoms with van der Waals surface area (Å²) in [5, 5.41) is 0. The molecule has 264 valence electrons. The van der Waals surface area contributed by atoms with Gasteiger partial charge in [-0.3, -0.25) is 19.4 Å². The predicted molar refractivity (Wildman–Crippen MR) is 211 cm³/mol. The zero-order valence-electron chi connectivity index (χ0n) is 30.0. The highest BCUT2D eigenvalue weighted by Gasteiger charge is 2.75. The maximum atomic E-state index is 16.2. The number of hydrogen-bond acceptors (Lipinski definition) is 4. The molecule has 0 radical (unpaired) electrons. The smallest absolute Gasteiger partial charge is 0.254 e. The highest BCUT2D eigenvalue weighted by Crippen LogP contribution is 2.69. The van der Waals surface area contributed by atoms with Gasteiger partial charge in [0.15, 0.2) is 0 Å². The van der Waals surface area contributed by atoms with Gasteiger partial charge in [-0.2, -0.15) is 0 Å². The summed E-state index contributed by atoms with van der Waals surface area (Å²) in [6.07, 6.45) is 1.58. The van der Waals surface area contributed by atoms with Gasteiger partial charge in [-0.05, 0) is 58.4 Å². The molecule has 1 saturated heterocycles. The van der Waals surface area contributed by atoms with Gasteiger partial charge in [-0.25, -0.2) is 0 Å². The molecule has 5 heterocycles. The lowest BCUT2D eigenvalue weighted by atomic mass is 9.62. The zero-order valence-corrected chi connectivity index (χ0v) is 30.0. The van der Waals surface area contributed by atoms with Gasteiger partial charge in [-0.15, -0.1) is 0 Å². The van der Waals surface area contributed by atoms with Crippen LogP contribution in [-0.2, 0) is 46.6 Å². The molecule has 11 rings (SSSR count). The van der Waals surface area contributed by atoms with Crippen molar-refractivity contribution in [2.75, 3.05) is 22.9 Å². The van der Waals surface area contributed by atoms with E-state index in [0.29, 0.717) is 26.2 Å². The minimum absolute atomic E-state index is 0.0818. The minimum atomic E-state index is -1.09. The molecule has 2 spiro atoms. The summed E-state index contributed by atoms with van der Waals surface area (Å²) in [4.78, 5) is 41.4. The van der Waals surface area contributed by atoms with Crippen LogP contribution in [0.5, 0.6) is 0 Å². The second-order valence-electron chi connectivity index (χ2n) is 15.4. The third kappa shape index (κ3) is 4.07. The number of piperazine rings is 1. The summed E-state index contributed by atoms with van der Waals surface area (Å²) in [5.41, 5.74) is 8.71. The Hall–Kier alpha value is -5.82. The topological polar surface area (TPSA) is 47.1 Å². The van der Waals surface area contributed by atoms with Crippen LogP contribution in [0.2, 0.25) is 0 Å². The zero-order chi connectivity index (χ0) is 36.0. The molecule has 0 aromatic heterocycles. The second kappa shape index (κ2) is 11.8. The van der Waals surface area contributed by atoms with Crippen LogP contribution in [0.3, 0.4) is 0 Å². The summed E-state index contributed by atoms with van der Waals surface area (Å²) >= 11 is 0. The first-order chi connectivity index (χ1) is 26.6. The third-order valence-electron chi connectivity index (χ3n) is 13.0. The molecule has 6 heteroatoms. The molecular weight excluding hydrogens is 665 g/mol. The van der Waals surface area contributed by atoms with E-state index in [4.69, 9.17) is 0 Å². The fraction of sp³-hybridized carbons (Fsp3) is 0.208. The average Bonchev–Trinajstić information content (AvgIpc) is 3.61. The summed E-state index contributed by atoms with van der Waals surface area (Å²) in [6.45, 7) is 2.23. The van der Waals surface area contributed by atoms with E-state index in [9.17, 15) is 0 Å².